The number of amides is 1. The lowest BCUT2D eigenvalue weighted by atomic mass is 10.1. The summed E-state index contributed by atoms with van der Waals surface area (Å²) in [6, 6.07) is 12.8. The highest BCUT2D eigenvalue weighted by molar-refractivity contribution is 7.88. The monoisotopic (exact) mass is 448 g/mol. The van der Waals surface area contributed by atoms with Gasteiger partial charge in [0.15, 0.2) is 11.5 Å². The van der Waals surface area contributed by atoms with Gasteiger partial charge >= 0.3 is 0 Å². The standard InChI is InChI=1S/C22H28N2O6S/c1-28-19-13-17(22(25)23-18-9-11-24(12-10-18)31(3,26)27)14-20(29-2)21(19)30-15-16-7-5-4-6-8-16/h4-8,13-14,18H,9-12,15H2,1-3H3,(H,23,25). The van der Waals surface area contributed by atoms with Crippen LogP contribution in [0.1, 0.15) is 28.8 Å². The molecule has 8 nitrogen and oxygen atoms in total. The summed E-state index contributed by atoms with van der Waals surface area (Å²) in [5.41, 5.74) is 1.38. The summed E-state index contributed by atoms with van der Waals surface area (Å²) in [6.07, 6.45) is 2.32. The van der Waals surface area contributed by atoms with Gasteiger partial charge < -0.3 is 19.5 Å². The third-order valence-electron chi connectivity index (χ3n) is 5.21. The third-order valence-corrected chi connectivity index (χ3v) is 6.51. The number of carbonyl (C=O) groups excluding carboxylic acids is 1. The van der Waals surface area contributed by atoms with Crippen molar-refractivity contribution in [3.63, 3.8) is 0 Å². The van der Waals surface area contributed by atoms with Gasteiger partial charge in [0.25, 0.3) is 5.91 Å². The number of carbonyl (C=O) groups is 1. The van der Waals surface area contributed by atoms with E-state index in [0.29, 0.717) is 55.4 Å². The molecule has 0 aliphatic carbocycles. The fourth-order valence-corrected chi connectivity index (χ4v) is 4.36. The maximum Gasteiger partial charge on any atom is 0.251 e. The van der Waals surface area contributed by atoms with E-state index >= 15 is 0 Å². The van der Waals surface area contributed by atoms with Gasteiger partial charge in [-0.05, 0) is 30.5 Å². The van der Waals surface area contributed by atoms with Gasteiger partial charge in [-0.3, -0.25) is 4.79 Å². The lowest BCUT2D eigenvalue weighted by molar-refractivity contribution is 0.0923. The van der Waals surface area contributed by atoms with Crippen LogP contribution >= 0.6 is 0 Å². The van der Waals surface area contributed by atoms with Crippen molar-refractivity contribution >= 4 is 15.9 Å². The van der Waals surface area contributed by atoms with Gasteiger partial charge in [-0.25, -0.2) is 12.7 Å². The number of hydrogen-bond acceptors (Lipinski definition) is 6. The summed E-state index contributed by atoms with van der Waals surface area (Å²) in [5.74, 6) is 0.940. The zero-order valence-electron chi connectivity index (χ0n) is 18.0. The lowest BCUT2D eigenvalue weighted by Gasteiger charge is -2.30. The Balaban J connectivity index is 1.70. The number of nitrogens with one attached hydrogen (secondary N) is 1. The first-order chi connectivity index (χ1) is 14.8. The van der Waals surface area contributed by atoms with Crippen LogP contribution in [0.5, 0.6) is 17.2 Å². The zero-order chi connectivity index (χ0) is 22.4. The molecule has 2 aromatic rings. The third kappa shape index (κ3) is 5.89. The highest BCUT2D eigenvalue weighted by Gasteiger charge is 2.26. The van der Waals surface area contributed by atoms with E-state index in [0.717, 1.165) is 5.56 Å². The molecule has 0 atom stereocenters. The van der Waals surface area contributed by atoms with Crippen molar-refractivity contribution in [3.8, 4) is 17.2 Å². The molecule has 1 N–H and O–H groups in total. The summed E-state index contributed by atoms with van der Waals surface area (Å²) in [6.45, 7) is 1.11. The number of nitrogens with zero attached hydrogens (tertiary/aromatic N) is 1. The van der Waals surface area contributed by atoms with E-state index in [-0.39, 0.29) is 11.9 Å². The van der Waals surface area contributed by atoms with Crippen LogP contribution in [0.25, 0.3) is 0 Å². The SMILES string of the molecule is COc1cc(C(=O)NC2CCN(S(C)(=O)=O)CC2)cc(OC)c1OCc1ccccc1. The molecule has 0 aromatic heterocycles. The minimum Gasteiger partial charge on any atom is -0.493 e. The van der Waals surface area contributed by atoms with Crippen LogP contribution < -0.4 is 19.5 Å². The Bertz CT molecular complexity index is 977. The van der Waals surface area contributed by atoms with E-state index in [9.17, 15) is 13.2 Å². The van der Waals surface area contributed by atoms with E-state index in [4.69, 9.17) is 14.2 Å². The fraction of sp³-hybridized carbons (Fsp3) is 0.409. The van der Waals surface area contributed by atoms with E-state index in [2.05, 4.69) is 5.32 Å². The maximum atomic E-state index is 12.8. The van der Waals surface area contributed by atoms with Gasteiger partial charge in [-0.15, -0.1) is 0 Å². The molecule has 0 saturated carbocycles. The second-order valence-electron chi connectivity index (χ2n) is 7.39. The van der Waals surface area contributed by atoms with Crippen molar-refractivity contribution in [1.29, 1.82) is 0 Å². The van der Waals surface area contributed by atoms with Crippen molar-refractivity contribution in [2.24, 2.45) is 0 Å². The molecule has 1 aliphatic heterocycles. The Morgan fingerprint density at radius 3 is 2.16 bits per heavy atom. The average molecular weight is 449 g/mol. The van der Waals surface area contributed by atoms with Crippen molar-refractivity contribution in [1.82, 2.24) is 9.62 Å². The van der Waals surface area contributed by atoms with Crippen molar-refractivity contribution in [2.45, 2.75) is 25.5 Å². The number of rotatable bonds is 8. The molecule has 0 radical (unpaired) electrons. The second kappa shape index (κ2) is 10.0. The first-order valence-electron chi connectivity index (χ1n) is 10.0. The van der Waals surface area contributed by atoms with E-state index in [1.54, 1.807) is 12.1 Å². The Morgan fingerprint density at radius 2 is 1.65 bits per heavy atom. The predicted molar refractivity (Wildman–Crippen MR) is 117 cm³/mol. The topological polar surface area (TPSA) is 94.2 Å². The molecule has 168 valence electrons. The first-order valence-corrected chi connectivity index (χ1v) is 11.9. The quantitative estimate of drug-likeness (QED) is 0.667. The number of sulfonamides is 1. The highest BCUT2D eigenvalue weighted by atomic mass is 32.2. The molecular weight excluding hydrogens is 420 g/mol. The van der Waals surface area contributed by atoms with Crippen LogP contribution in [0.15, 0.2) is 42.5 Å². The highest BCUT2D eigenvalue weighted by Crippen LogP contribution is 2.39. The summed E-state index contributed by atoms with van der Waals surface area (Å²) in [7, 11) is -0.191. The molecule has 1 heterocycles. The Morgan fingerprint density at radius 1 is 1.06 bits per heavy atom. The van der Waals surface area contributed by atoms with Crippen LogP contribution in [-0.4, -0.2) is 58.2 Å². The summed E-state index contributed by atoms with van der Waals surface area (Å²) >= 11 is 0. The zero-order valence-corrected chi connectivity index (χ0v) is 18.8. The number of hydrogen-bond donors (Lipinski definition) is 1. The summed E-state index contributed by atoms with van der Waals surface area (Å²) in [4.78, 5) is 12.8. The smallest absolute Gasteiger partial charge is 0.251 e. The van der Waals surface area contributed by atoms with Crippen LogP contribution in [0, 0.1) is 0 Å². The van der Waals surface area contributed by atoms with Crippen LogP contribution in [-0.2, 0) is 16.6 Å². The molecule has 0 unspecified atom stereocenters. The van der Waals surface area contributed by atoms with Gasteiger partial charge in [0.1, 0.15) is 6.61 Å². The molecule has 1 amide bonds. The summed E-state index contributed by atoms with van der Waals surface area (Å²) in [5, 5.41) is 2.97. The molecule has 1 fully saturated rings. The molecule has 0 bridgehead atoms. The number of piperidine rings is 1. The number of methoxy groups -OCH3 is 2. The first kappa shape index (κ1) is 22.9. The van der Waals surface area contributed by atoms with Crippen molar-refractivity contribution in [2.75, 3.05) is 33.6 Å². The van der Waals surface area contributed by atoms with Gasteiger partial charge in [0.05, 0.1) is 20.5 Å². The number of benzene rings is 2. The van der Waals surface area contributed by atoms with Gasteiger partial charge in [-0.2, -0.15) is 0 Å². The normalized spacial score (nSPS) is 15.3. The second-order valence-corrected chi connectivity index (χ2v) is 9.38. The molecule has 1 saturated heterocycles. The number of ether oxygens (including phenoxy) is 3. The summed E-state index contributed by atoms with van der Waals surface area (Å²) < 4.78 is 41.6. The van der Waals surface area contributed by atoms with Gasteiger partial charge in [0.2, 0.25) is 15.8 Å². The average Bonchev–Trinajstić information content (AvgIpc) is 2.77. The van der Waals surface area contributed by atoms with Gasteiger partial charge in [-0.1, -0.05) is 30.3 Å². The van der Waals surface area contributed by atoms with Crippen LogP contribution in [0.3, 0.4) is 0 Å². The van der Waals surface area contributed by atoms with Crippen molar-refractivity contribution in [3.05, 3.63) is 53.6 Å². The van der Waals surface area contributed by atoms with E-state index in [1.807, 2.05) is 30.3 Å². The maximum absolute atomic E-state index is 12.8. The van der Waals surface area contributed by atoms with E-state index in [1.165, 1.54) is 24.8 Å². The fourth-order valence-electron chi connectivity index (χ4n) is 3.48. The molecule has 3 rings (SSSR count). The molecule has 31 heavy (non-hydrogen) atoms. The molecule has 9 heteroatoms. The Hall–Kier alpha value is -2.78. The van der Waals surface area contributed by atoms with Crippen LogP contribution in [0.4, 0.5) is 0 Å². The minimum atomic E-state index is -3.20. The lowest BCUT2D eigenvalue weighted by Crippen LogP contribution is -2.46. The molecule has 0 spiro atoms. The van der Waals surface area contributed by atoms with E-state index < -0.39 is 10.0 Å². The molecular formula is C22H28N2O6S. The minimum absolute atomic E-state index is 0.100. The Labute approximate surface area is 183 Å². The molecule has 1 aliphatic rings. The van der Waals surface area contributed by atoms with Gasteiger partial charge in [0, 0.05) is 24.7 Å². The molecule has 2 aromatic carbocycles. The Kier molecular flexibility index (Phi) is 7.40. The van der Waals surface area contributed by atoms with Crippen molar-refractivity contribution < 1.29 is 27.4 Å². The predicted octanol–water partition coefficient (Wildman–Crippen LogP) is 2.44. The van der Waals surface area contributed by atoms with Crippen LogP contribution in [0.2, 0.25) is 0 Å². The largest absolute Gasteiger partial charge is 0.493 e.